The first kappa shape index (κ1) is 13.4. The molecule has 0 aromatic heterocycles. The molecule has 1 fully saturated rings. The van der Waals surface area contributed by atoms with Crippen molar-refractivity contribution in [2.45, 2.75) is 11.8 Å². The van der Waals surface area contributed by atoms with Crippen LogP contribution >= 0.6 is 11.8 Å². The van der Waals surface area contributed by atoms with Crippen LogP contribution in [0.3, 0.4) is 0 Å². The predicted molar refractivity (Wildman–Crippen MR) is 73.9 cm³/mol. The van der Waals surface area contributed by atoms with Gasteiger partial charge in [-0.2, -0.15) is 0 Å². The Hall–Kier alpha value is -1.00. The van der Waals surface area contributed by atoms with E-state index in [9.17, 15) is 4.79 Å². The molecule has 0 radical (unpaired) electrons. The Morgan fingerprint density at radius 2 is 2.11 bits per heavy atom. The first-order valence-electron chi connectivity index (χ1n) is 6.30. The van der Waals surface area contributed by atoms with Gasteiger partial charge in [0.15, 0.2) is 0 Å². The van der Waals surface area contributed by atoms with Gasteiger partial charge in [0.25, 0.3) is 0 Å². The van der Waals surface area contributed by atoms with Gasteiger partial charge in [0.1, 0.15) is 0 Å². The second-order valence-electron chi connectivity index (χ2n) is 4.84. The Labute approximate surface area is 112 Å². The molecule has 1 N–H and O–H groups in total. The smallest absolute Gasteiger partial charge is 0.308 e. The number of aliphatic carboxylic acids is 1. The highest BCUT2D eigenvalue weighted by molar-refractivity contribution is 7.99. The third-order valence-electron chi connectivity index (χ3n) is 3.42. The molecule has 0 unspecified atom stereocenters. The number of carbonyl (C=O) groups is 1. The lowest BCUT2D eigenvalue weighted by atomic mass is 9.99. The van der Waals surface area contributed by atoms with Crippen molar-refractivity contribution in [3.8, 4) is 0 Å². The highest BCUT2D eigenvalue weighted by atomic mass is 32.2. The van der Waals surface area contributed by atoms with Gasteiger partial charge in [-0.3, -0.25) is 4.79 Å². The van der Waals surface area contributed by atoms with Crippen LogP contribution in [0.2, 0.25) is 0 Å². The molecule has 0 spiro atoms. The van der Waals surface area contributed by atoms with Crippen LogP contribution < -0.4 is 0 Å². The Bertz CT molecular complexity index is 396. The summed E-state index contributed by atoms with van der Waals surface area (Å²) in [5, 5.41) is 9.07. The van der Waals surface area contributed by atoms with E-state index < -0.39 is 5.97 Å². The number of likely N-dealkylation sites (tertiary alicyclic amines) is 1. The lowest BCUT2D eigenvalue weighted by Gasteiger charge is -2.14. The summed E-state index contributed by atoms with van der Waals surface area (Å²) in [6, 6.07) is 10.3. The van der Waals surface area contributed by atoms with Gasteiger partial charge < -0.3 is 10.0 Å². The fraction of sp³-hybridized carbons (Fsp3) is 0.500. The molecule has 0 bridgehead atoms. The fourth-order valence-electron chi connectivity index (χ4n) is 2.38. The minimum Gasteiger partial charge on any atom is -0.481 e. The third kappa shape index (κ3) is 3.50. The van der Waals surface area contributed by atoms with E-state index in [2.05, 4.69) is 17.0 Å². The largest absolute Gasteiger partial charge is 0.481 e. The van der Waals surface area contributed by atoms with E-state index in [4.69, 9.17) is 5.11 Å². The van der Waals surface area contributed by atoms with Crippen molar-refractivity contribution in [3.63, 3.8) is 0 Å². The number of carboxylic acids is 1. The van der Waals surface area contributed by atoms with Gasteiger partial charge in [-0.25, -0.2) is 0 Å². The average molecular weight is 265 g/mol. The van der Waals surface area contributed by atoms with Crippen LogP contribution in [0.15, 0.2) is 35.2 Å². The topological polar surface area (TPSA) is 40.5 Å². The van der Waals surface area contributed by atoms with E-state index in [1.807, 2.05) is 36.9 Å². The van der Waals surface area contributed by atoms with Gasteiger partial charge in [-0.05, 0) is 18.1 Å². The van der Waals surface area contributed by atoms with E-state index >= 15 is 0 Å². The molecule has 0 aliphatic carbocycles. The van der Waals surface area contributed by atoms with Gasteiger partial charge in [0.2, 0.25) is 0 Å². The van der Waals surface area contributed by atoms with Crippen molar-refractivity contribution in [1.82, 2.24) is 4.90 Å². The normalized spacial score (nSPS) is 24.3. The average Bonchev–Trinajstić information content (AvgIpc) is 2.72. The summed E-state index contributed by atoms with van der Waals surface area (Å²) in [5.74, 6) is 0.444. The Morgan fingerprint density at radius 1 is 1.39 bits per heavy atom. The summed E-state index contributed by atoms with van der Waals surface area (Å²) in [5.41, 5.74) is 0. The molecule has 4 heteroatoms. The summed E-state index contributed by atoms with van der Waals surface area (Å²) < 4.78 is 0. The summed E-state index contributed by atoms with van der Waals surface area (Å²) in [6.45, 7) is 4.61. The van der Waals surface area contributed by atoms with E-state index in [0.717, 1.165) is 18.8 Å². The van der Waals surface area contributed by atoms with Crippen LogP contribution in [0.5, 0.6) is 0 Å². The van der Waals surface area contributed by atoms with Gasteiger partial charge in [-0.1, -0.05) is 25.1 Å². The fourth-order valence-corrected chi connectivity index (χ4v) is 3.32. The van der Waals surface area contributed by atoms with Crippen LogP contribution in [-0.4, -0.2) is 41.4 Å². The third-order valence-corrected chi connectivity index (χ3v) is 4.42. The van der Waals surface area contributed by atoms with Crippen LogP contribution in [0.4, 0.5) is 0 Å². The maximum absolute atomic E-state index is 11.0. The number of carboxylic acid groups (broad SMARTS) is 1. The molecule has 2 rings (SSSR count). The van der Waals surface area contributed by atoms with Crippen molar-refractivity contribution in [1.29, 1.82) is 0 Å². The summed E-state index contributed by atoms with van der Waals surface area (Å²) in [4.78, 5) is 14.6. The van der Waals surface area contributed by atoms with E-state index in [-0.39, 0.29) is 11.8 Å². The van der Waals surface area contributed by atoms with E-state index in [0.29, 0.717) is 6.54 Å². The van der Waals surface area contributed by atoms with Crippen molar-refractivity contribution >= 4 is 17.7 Å². The predicted octanol–water partition coefficient (Wildman–Crippen LogP) is 2.43. The first-order chi connectivity index (χ1) is 8.66. The highest BCUT2D eigenvalue weighted by Crippen LogP contribution is 2.24. The molecule has 0 saturated carbocycles. The monoisotopic (exact) mass is 265 g/mol. The maximum atomic E-state index is 11.0. The lowest BCUT2D eigenvalue weighted by Crippen LogP contribution is -2.25. The van der Waals surface area contributed by atoms with Crippen LogP contribution in [0.25, 0.3) is 0 Å². The number of thioether (sulfide) groups is 1. The zero-order chi connectivity index (χ0) is 13.0. The molecule has 3 nitrogen and oxygen atoms in total. The minimum atomic E-state index is -0.652. The molecule has 1 aromatic carbocycles. The van der Waals surface area contributed by atoms with Crippen molar-refractivity contribution < 1.29 is 9.90 Å². The zero-order valence-corrected chi connectivity index (χ0v) is 11.4. The number of nitrogens with zero attached hydrogens (tertiary/aromatic N) is 1. The van der Waals surface area contributed by atoms with Crippen LogP contribution in [-0.2, 0) is 4.79 Å². The quantitative estimate of drug-likeness (QED) is 0.830. The molecule has 1 heterocycles. The minimum absolute atomic E-state index is 0.188. The zero-order valence-electron chi connectivity index (χ0n) is 10.6. The molecule has 1 saturated heterocycles. The second-order valence-corrected chi connectivity index (χ2v) is 6.01. The van der Waals surface area contributed by atoms with Gasteiger partial charge >= 0.3 is 5.97 Å². The molecule has 1 aliphatic rings. The number of hydrogen-bond acceptors (Lipinski definition) is 3. The molecular formula is C14H19NO2S. The van der Waals surface area contributed by atoms with Crippen LogP contribution in [0.1, 0.15) is 6.92 Å². The van der Waals surface area contributed by atoms with Gasteiger partial charge in [0, 0.05) is 30.3 Å². The van der Waals surface area contributed by atoms with E-state index in [1.54, 1.807) is 0 Å². The second kappa shape index (κ2) is 6.25. The van der Waals surface area contributed by atoms with E-state index in [1.165, 1.54) is 4.90 Å². The van der Waals surface area contributed by atoms with Gasteiger partial charge in [0.05, 0.1) is 5.92 Å². The number of hydrogen-bond donors (Lipinski definition) is 1. The number of benzene rings is 1. The molecule has 18 heavy (non-hydrogen) atoms. The standard InChI is InChI=1S/C14H19NO2S/c1-11-9-15(10-13(11)14(16)17)7-8-18-12-5-3-2-4-6-12/h2-6,11,13H,7-10H2,1H3,(H,16,17)/t11-,13-/m1/s1. The Kier molecular flexibility index (Phi) is 4.66. The Morgan fingerprint density at radius 3 is 2.72 bits per heavy atom. The SMILES string of the molecule is C[C@@H]1CN(CCSc2ccccc2)C[C@H]1C(=O)O. The Balaban J connectivity index is 1.74. The molecular weight excluding hydrogens is 246 g/mol. The molecule has 1 aromatic rings. The summed E-state index contributed by atoms with van der Waals surface area (Å²) >= 11 is 1.83. The first-order valence-corrected chi connectivity index (χ1v) is 7.28. The summed E-state index contributed by atoms with van der Waals surface area (Å²) in [7, 11) is 0. The van der Waals surface area contributed by atoms with Crippen LogP contribution in [0, 0.1) is 11.8 Å². The molecule has 1 aliphatic heterocycles. The summed E-state index contributed by atoms with van der Waals surface area (Å²) in [6.07, 6.45) is 0. The van der Waals surface area contributed by atoms with Crippen molar-refractivity contribution in [3.05, 3.63) is 30.3 Å². The lowest BCUT2D eigenvalue weighted by molar-refractivity contribution is -0.142. The van der Waals surface area contributed by atoms with Gasteiger partial charge in [-0.15, -0.1) is 11.8 Å². The molecule has 0 amide bonds. The van der Waals surface area contributed by atoms with Crippen molar-refractivity contribution in [2.75, 3.05) is 25.4 Å². The van der Waals surface area contributed by atoms with Crippen molar-refractivity contribution in [2.24, 2.45) is 11.8 Å². The maximum Gasteiger partial charge on any atom is 0.308 e. The highest BCUT2D eigenvalue weighted by Gasteiger charge is 2.34. The number of rotatable bonds is 5. The molecule has 2 atom stereocenters. The molecule has 98 valence electrons.